The second-order valence-corrected chi connectivity index (χ2v) is 7.49. The van der Waals surface area contributed by atoms with Crippen molar-refractivity contribution in [3.05, 3.63) is 70.3 Å². The summed E-state index contributed by atoms with van der Waals surface area (Å²) in [6, 6.07) is 14.9. The van der Waals surface area contributed by atoms with Crippen molar-refractivity contribution in [2.24, 2.45) is 0 Å². The van der Waals surface area contributed by atoms with Gasteiger partial charge in [0.25, 0.3) is 5.91 Å². The molecule has 1 atom stereocenters. The van der Waals surface area contributed by atoms with E-state index in [1.54, 1.807) is 29.0 Å². The van der Waals surface area contributed by atoms with Gasteiger partial charge in [0.1, 0.15) is 5.37 Å². The van der Waals surface area contributed by atoms with Crippen LogP contribution in [-0.2, 0) is 4.79 Å². The lowest BCUT2D eigenvalue weighted by Crippen LogP contribution is -2.34. The number of nitrogens with one attached hydrogen (secondary N) is 1. The van der Waals surface area contributed by atoms with Gasteiger partial charge in [-0.05, 0) is 30.3 Å². The van der Waals surface area contributed by atoms with E-state index in [9.17, 15) is 4.79 Å². The number of rotatable bonds is 3. The Morgan fingerprint density at radius 3 is 2.84 bits per heavy atom. The lowest BCUT2D eigenvalue weighted by atomic mass is 10.2. The van der Waals surface area contributed by atoms with Crippen molar-refractivity contribution in [3.8, 4) is 0 Å². The van der Waals surface area contributed by atoms with Gasteiger partial charge in [0, 0.05) is 27.2 Å². The van der Waals surface area contributed by atoms with E-state index in [1.165, 1.54) is 0 Å². The highest BCUT2D eigenvalue weighted by Gasteiger charge is 2.34. The summed E-state index contributed by atoms with van der Waals surface area (Å²) in [5, 5.41) is 3.62. The molecule has 0 radical (unpaired) electrons. The Morgan fingerprint density at radius 1 is 1.16 bits per heavy atom. The predicted octanol–water partition coefficient (Wildman–Crippen LogP) is 5.14. The summed E-state index contributed by atoms with van der Waals surface area (Å²) >= 11 is 13.9. The highest BCUT2D eigenvalue weighted by atomic mass is 35.5. The second-order valence-electron chi connectivity index (χ2n) is 5.58. The first kappa shape index (κ1) is 16.5. The number of hydrogen-bond acceptors (Lipinski definition) is 4. The molecule has 1 aliphatic heterocycles. The first-order valence-electron chi connectivity index (χ1n) is 7.62. The third kappa shape index (κ3) is 3.15. The minimum absolute atomic E-state index is 0.00819. The molecular weight excluding hydrogens is 377 g/mol. The molecule has 0 spiro atoms. The van der Waals surface area contributed by atoms with Crippen LogP contribution in [-0.4, -0.2) is 21.7 Å². The van der Waals surface area contributed by atoms with E-state index in [2.05, 4.69) is 10.4 Å². The molecule has 0 bridgehead atoms. The van der Waals surface area contributed by atoms with Gasteiger partial charge in [0.05, 0.1) is 17.0 Å². The van der Waals surface area contributed by atoms with Crippen molar-refractivity contribution in [1.82, 2.24) is 9.99 Å². The summed E-state index contributed by atoms with van der Waals surface area (Å²) in [5.41, 5.74) is 5.73. The molecule has 7 heteroatoms. The third-order valence-corrected chi connectivity index (χ3v) is 5.76. The van der Waals surface area contributed by atoms with E-state index < -0.39 is 0 Å². The molecule has 4 rings (SSSR count). The molecule has 1 N–H and O–H groups in total. The molecule has 126 valence electrons. The summed E-state index contributed by atoms with van der Waals surface area (Å²) in [6.45, 7) is 0. The highest BCUT2D eigenvalue weighted by Crippen LogP contribution is 2.41. The van der Waals surface area contributed by atoms with Gasteiger partial charge in [-0.2, -0.15) is 0 Å². The molecule has 0 saturated carbocycles. The molecule has 1 unspecified atom stereocenters. The fraction of sp³-hybridized carbons (Fsp3) is 0.111. The number of aromatic nitrogens is 1. The van der Waals surface area contributed by atoms with Crippen molar-refractivity contribution in [1.29, 1.82) is 0 Å². The van der Waals surface area contributed by atoms with Gasteiger partial charge in [-0.15, -0.1) is 11.8 Å². The number of fused-ring (bicyclic) bond motifs is 1. The monoisotopic (exact) mass is 389 g/mol. The Kier molecular flexibility index (Phi) is 4.46. The molecule has 3 aromatic rings. The number of nitrogens with zero attached hydrogens (tertiary/aromatic N) is 2. The van der Waals surface area contributed by atoms with Crippen LogP contribution < -0.4 is 5.43 Å². The summed E-state index contributed by atoms with van der Waals surface area (Å²) in [6.07, 6.45) is 1.69. The van der Waals surface area contributed by atoms with Crippen LogP contribution in [0, 0.1) is 0 Å². The number of hydrogen-bond donors (Lipinski definition) is 1. The summed E-state index contributed by atoms with van der Waals surface area (Å²) in [7, 11) is 0. The van der Waals surface area contributed by atoms with Crippen LogP contribution in [0.5, 0.6) is 0 Å². The van der Waals surface area contributed by atoms with Crippen LogP contribution in [0.15, 0.2) is 54.7 Å². The smallest absolute Gasteiger partial charge is 0.252 e. The maximum absolute atomic E-state index is 12.4. The van der Waals surface area contributed by atoms with Crippen LogP contribution in [0.1, 0.15) is 10.9 Å². The standard InChI is InChI=1S/C18H13Cl2N3OS/c19-11-5-6-13-15(7-8-21-16(13)9-11)22-23-17(24)10-25-18(23)12-3-1-2-4-14(12)20/h1-9,18H,10H2,(H,21,22). The Hall–Kier alpha value is -1.95. The Labute approximate surface area is 159 Å². The highest BCUT2D eigenvalue weighted by molar-refractivity contribution is 8.00. The number of anilines is 1. The van der Waals surface area contributed by atoms with Gasteiger partial charge in [0.2, 0.25) is 0 Å². The molecule has 1 amide bonds. The minimum Gasteiger partial charge on any atom is -0.294 e. The molecule has 1 aromatic heterocycles. The quantitative estimate of drug-likeness (QED) is 0.673. The lowest BCUT2D eigenvalue weighted by molar-refractivity contribution is -0.126. The fourth-order valence-electron chi connectivity index (χ4n) is 2.80. The Bertz CT molecular complexity index is 966. The Morgan fingerprint density at radius 2 is 2.00 bits per heavy atom. The van der Waals surface area contributed by atoms with Gasteiger partial charge >= 0.3 is 0 Å². The lowest BCUT2D eigenvalue weighted by Gasteiger charge is -2.26. The summed E-state index contributed by atoms with van der Waals surface area (Å²) in [4.78, 5) is 16.8. The van der Waals surface area contributed by atoms with E-state index in [0.29, 0.717) is 15.8 Å². The fourth-order valence-corrected chi connectivity index (χ4v) is 4.41. The summed E-state index contributed by atoms with van der Waals surface area (Å²) in [5.74, 6) is 0.409. The topological polar surface area (TPSA) is 45.2 Å². The third-order valence-electron chi connectivity index (χ3n) is 3.98. The number of thioether (sulfide) groups is 1. The van der Waals surface area contributed by atoms with Gasteiger partial charge in [-0.1, -0.05) is 41.4 Å². The van der Waals surface area contributed by atoms with Crippen molar-refractivity contribution in [3.63, 3.8) is 0 Å². The number of amides is 1. The first-order chi connectivity index (χ1) is 12.1. The van der Waals surface area contributed by atoms with Crippen LogP contribution >= 0.6 is 35.0 Å². The average Bonchev–Trinajstić information content (AvgIpc) is 2.96. The van der Waals surface area contributed by atoms with E-state index in [0.717, 1.165) is 22.2 Å². The largest absolute Gasteiger partial charge is 0.294 e. The molecule has 0 aliphatic carbocycles. The molecule has 2 aromatic carbocycles. The molecule has 2 heterocycles. The number of pyridine rings is 1. The average molecular weight is 390 g/mol. The maximum atomic E-state index is 12.4. The molecule has 1 fully saturated rings. The van der Waals surface area contributed by atoms with Gasteiger partial charge in [-0.3, -0.25) is 15.2 Å². The molecule has 1 aliphatic rings. The van der Waals surface area contributed by atoms with Crippen LogP contribution in [0.3, 0.4) is 0 Å². The van der Waals surface area contributed by atoms with Crippen LogP contribution in [0.4, 0.5) is 5.69 Å². The van der Waals surface area contributed by atoms with Crippen molar-refractivity contribution < 1.29 is 4.79 Å². The van der Waals surface area contributed by atoms with E-state index in [4.69, 9.17) is 23.2 Å². The predicted molar refractivity (Wildman–Crippen MR) is 104 cm³/mol. The van der Waals surface area contributed by atoms with Crippen LogP contribution in [0.2, 0.25) is 10.0 Å². The van der Waals surface area contributed by atoms with Gasteiger partial charge < -0.3 is 0 Å². The van der Waals surface area contributed by atoms with Gasteiger partial charge in [0.15, 0.2) is 0 Å². The summed E-state index contributed by atoms with van der Waals surface area (Å²) < 4.78 is 0. The SMILES string of the molecule is O=C1CSC(c2ccccc2Cl)N1Nc1ccnc2cc(Cl)ccc12. The van der Waals surface area contributed by atoms with Gasteiger partial charge in [-0.25, -0.2) is 5.01 Å². The van der Waals surface area contributed by atoms with Crippen molar-refractivity contribution in [2.75, 3.05) is 11.2 Å². The van der Waals surface area contributed by atoms with E-state index in [1.807, 2.05) is 42.5 Å². The van der Waals surface area contributed by atoms with Crippen molar-refractivity contribution in [2.45, 2.75) is 5.37 Å². The molecule has 4 nitrogen and oxygen atoms in total. The number of hydrazine groups is 1. The van der Waals surface area contributed by atoms with Crippen molar-refractivity contribution >= 4 is 57.5 Å². The van der Waals surface area contributed by atoms with Crippen LogP contribution in [0.25, 0.3) is 10.9 Å². The molecular formula is C18H13Cl2N3OS. The normalized spacial score (nSPS) is 17.3. The number of benzene rings is 2. The zero-order chi connectivity index (χ0) is 17.4. The first-order valence-corrected chi connectivity index (χ1v) is 9.43. The zero-order valence-electron chi connectivity index (χ0n) is 12.9. The number of carbonyl (C=O) groups is 1. The number of carbonyl (C=O) groups excluding carboxylic acids is 1. The van der Waals surface area contributed by atoms with E-state index in [-0.39, 0.29) is 11.3 Å². The maximum Gasteiger partial charge on any atom is 0.252 e. The zero-order valence-corrected chi connectivity index (χ0v) is 15.3. The Balaban J connectivity index is 1.71. The number of halogens is 2. The minimum atomic E-state index is -0.184. The molecule has 1 saturated heterocycles. The van der Waals surface area contributed by atoms with E-state index >= 15 is 0 Å². The second kappa shape index (κ2) is 6.75. The molecule has 25 heavy (non-hydrogen) atoms.